The number of carbonyl (C=O) groups is 1. The largest absolute Gasteiger partial charge is 0.336 e. The Morgan fingerprint density at radius 3 is 3.06 bits per heavy atom. The molecule has 1 aromatic carbocycles. The van der Waals surface area contributed by atoms with Crippen molar-refractivity contribution in [2.24, 2.45) is 0 Å². The average molecular weight is 236 g/mol. The van der Waals surface area contributed by atoms with Crippen molar-refractivity contribution < 1.29 is 9.18 Å². The molecule has 0 saturated carbocycles. The normalized spacial score (nSPS) is 20.8. The maximum Gasteiger partial charge on any atom is 0.239 e. The lowest BCUT2D eigenvalue weighted by Crippen LogP contribution is -2.53. The molecule has 92 valence electrons. The highest BCUT2D eigenvalue weighted by Gasteiger charge is 2.24. The highest BCUT2D eigenvalue weighted by Crippen LogP contribution is 2.14. The number of carbonyl (C=O) groups excluding carboxylic acids is 1. The predicted molar refractivity (Wildman–Crippen MR) is 64.0 cm³/mol. The zero-order valence-corrected chi connectivity index (χ0v) is 10.2. The maximum atomic E-state index is 13.2. The van der Waals surface area contributed by atoms with E-state index in [9.17, 15) is 9.18 Å². The Labute approximate surface area is 101 Å². The van der Waals surface area contributed by atoms with Crippen molar-refractivity contribution in [2.75, 3.05) is 13.1 Å². The fourth-order valence-electron chi connectivity index (χ4n) is 2.06. The molecule has 2 rings (SSSR count). The van der Waals surface area contributed by atoms with Crippen LogP contribution in [0.15, 0.2) is 18.2 Å². The highest BCUT2D eigenvalue weighted by atomic mass is 19.1. The summed E-state index contributed by atoms with van der Waals surface area (Å²) < 4.78 is 13.2. The molecule has 4 heteroatoms. The lowest BCUT2D eigenvalue weighted by Gasteiger charge is -2.31. The van der Waals surface area contributed by atoms with E-state index in [-0.39, 0.29) is 17.8 Å². The number of amides is 1. The van der Waals surface area contributed by atoms with Crippen molar-refractivity contribution in [1.29, 1.82) is 0 Å². The minimum absolute atomic E-state index is 0.0833. The van der Waals surface area contributed by atoms with Crippen LogP contribution >= 0.6 is 0 Å². The molecule has 1 aliphatic rings. The van der Waals surface area contributed by atoms with E-state index in [0.717, 1.165) is 17.7 Å². The number of nitrogens with one attached hydrogen (secondary N) is 1. The molecule has 1 heterocycles. The van der Waals surface area contributed by atoms with Crippen LogP contribution in [0.3, 0.4) is 0 Å². The van der Waals surface area contributed by atoms with Gasteiger partial charge in [0.15, 0.2) is 0 Å². The van der Waals surface area contributed by atoms with E-state index in [1.165, 1.54) is 12.1 Å². The molecule has 0 spiro atoms. The van der Waals surface area contributed by atoms with E-state index < -0.39 is 0 Å². The third-order valence-electron chi connectivity index (χ3n) is 3.19. The van der Waals surface area contributed by atoms with Gasteiger partial charge in [-0.25, -0.2) is 4.39 Å². The minimum atomic E-state index is -0.249. The first kappa shape index (κ1) is 12.0. The summed E-state index contributed by atoms with van der Waals surface area (Å²) >= 11 is 0. The van der Waals surface area contributed by atoms with E-state index >= 15 is 0 Å². The molecule has 0 aromatic heterocycles. The fourth-order valence-corrected chi connectivity index (χ4v) is 2.06. The van der Waals surface area contributed by atoms with Crippen LogP contribution in [0, 0.1) is 12.7 Å². The zero-order chi connectivity index (χ0) is 12.4. The van der Waals surface area contributed by atoms with Crippen molar-refractivity contribution in [3.8, 4) is 0 Å². The van der Waals surface area contributed by atoms with Crippen molar-refractivity contribution in [1.82, 2.24) is 10.2 Å². The molecule has 17 heavy (non-hydrogen) atoms. The SMILES string of the molecule is Cc1ccc(F)cc1CN1CCNC(C)C1=O. The molecule has 0 radical (unpaired) electrons. The molecule has 1 amide bonds. The molecular formula is C13H17FN2O. The summed E-state index contributed by atoms with van der Waals surface area (Å²) in [7, 11) is 0. The molecule has 1 atom stereocenters. The van der Waals surface area contributed by atoms with Gasteiger partial charge in [0, 0.05) is 19.6 Å². The van der Waals surface area contributed by atoms with Crippen LogP contribution < -0.4 is 5.32 Å². The topological polar surface area (TPSA) is 32.3 Å². The van der Waals surface area contributed by atoms with Crippen LogP contribution in [-0.4, -0.2) is 29.9 Å². The number of aryl methyl sites for hydroxylation is 1. The first-order chi connectivity index (χ1) is 8.08. The lowest BCUT2D eigenvalue weighted by atomic mass is 10.1. The van der Waals surface area contributed by atoms with Crippen LogP contribution in [0.2, 0.25) is 0 Å². The number of hydrogen-bond donors (Lipinski definition) is 1. The van der Waals surface area contributed by atoms with Crippen LogP contribution in [0.25, 0.3) is 0 Å². The van der Waals surface area contributed by atoms with Crippen LogP contribution in [0.1, 0.15) is 18.1 Å². The number of rotatable bonds is 2. The highest BCUT2D eigenvalue weighted by molar-refractivity contribution is 5.82. The number of halogens is 1. The van der Waals surface area contributed by atoms with E-state index in [1.54, 1.807) is 11.0 Å². The van der Waals surface area contributed by atoms with Crippen molar-refractivity contribution in [3.63, 3.8) is 0 Å². The zero-order valence-electron chi connectivity index (χ0n) is 10.2. The Kier molecular flexibility index (Phi) is 3.43. The van der Waals surface area contributed by atoms with E-state index in [1.807, 2.05) is 13.8 Å². The fraction of sp³-hybridized carbons (Fsp3) is 0.462. The van der Waals surface area contributed by atoms with Gasteiger partial charge in [-0.15, -0.1) is 0 Å². The second kappa shape index (κ2) is 4.84. The smallest absolute Gasteiger partial charge is 0.239 e. The summed E-state index contributed by atoms with van der Waals surface area (Å²) in [6.45, 7) is 5.76. The van der Waals surface area contributed by atoms with Gasteiger partial charge < -0.3 is 10.2 Å². The summed E-state index contributed by atoms with van der Waals surface area (Å²) in [5.41, 5.74) is 1.90. The van der Waals surface area contributed by atoms with Gasteiger partial charge in [-0.05, 0) is 37.1 Å². The average Bonchev–Trinajstić information content (AvgIpc) is 2.30. The standard InChI is InChI=1S/C13H17FN2O/c1-9-3-4-12(14)7-11(9)8-16-6-5-15-10(2)13(16)17/h3-4,7,10,15H,5-6,8H2,1-2H3. The molecular weight excluding hydrogens is 219 g/mol. The van der Waals surface area contributed by atoms with E-state index in [2.05, 4.69) is 5.32 Å². The lowest BCUT2D eigenvalue weighted by molar-refractivity contribution is -0.135. The summed E-state index contributed by atoms with van der Waals surface area (Å²) in [6, 6.07) is 4.56. The Bertz CT molecular complexity index is 433. The number of hydrogen-bond acceptors (Lipinski definition) is 2. The molecule has 1 fully saturated rings. The third kappa shape index (κ3) is 2.64. The van der Waals surface area contributed by atoms with Gasteiger partial charge in [0.05, 0.1) is 6.04 Å². The van der Waals surface area contributed by atoms with Gasteiger partial charge in [0.2, 0.25) is 5.91 Å². The minimum Gasteiger partial charge on any atom is -0.336 e. The molecule has 1 saturated heterocycles. The molecule has 3 nitrogen and oxygen atoms in total. The molecule has 1 unspecified atom stereocenters. The van der Waals surface area contributed by atoms with Gasteiger partial charge >= 0.3 is 0 Å². The van der Waals surface area contributed by atoms with Gasteiger partial charge in [0.25, 0.3) is 0 Å². The summed E-state index contributed by atoms with van der Waals surface area (Å²) in [6.07, 6.45) is 0. The Morgan fingerprint density at radius 1 is 1.53 bits per heavy atom. The predicted octanol–water partition coefficient (Wildman–Crippen LogP) is 1.45. The monoisotopic (exact) mass is 236 g/mol. The van der Waals surface area contributed by atoms with Gasteiger partial charge in [-0.2, -0.15) is 0 Å². The van der Waals surface area contributed by atoms with E-state index in [4.69, 9.17) is 0 Å². The first-order valence-electron chi connectivity index (χ1n) is 5.85. The van der Waals surface area contributed by atoms with E-state index in [0.29, 0.717) is 13.1 Å². The molecule has 1 aromatic rings. The van der Waals surface area contributed by atoms with Gasteiger partial charge in [0.1, 0.15) is 5.82 Å². The summed E-state index contributed by atoms with van der Waals surface area (Å²) in [5, 5.41) is 3.11. The number of benzene rings is 1. The quantitative estimate of drug-likeness (QED) is 0.843. The molecule has 0 bridgehead atoms. The Balaban J connectivity index is 2.14. The maximum absolute atomic E-state index is 13.2. The third-order valence-corrected chi connectivity index (χ3v) is 3.19. The number of nitrogens with zero attached hydrogens (tertiary/aromatic N) is 1. The Hall–Kier alpha value is -1.42. The second-order valence-corrected chi connectivity index (χ2v) is 4.51. The second-order valence-electron chi connectivity index (χ2n) is 4.51. The van der Waals surface area contributed by atoms with Gasteiger partial charge in [-0.3, -0.25) is 4.79 Å². The first-order valence-corrected chi connectivity index (χ1v) is 5.85. The van der Waals surface area contributed by atoms with Crippen molar-refractivity contribution in [3.05, 3.63) is 35.1 Å². The molecule has 1 aliphatic heterocycles. The summed E-state index contributed by atoms with van der Waals surface area (Å²) in [5.74, 6) is -0.166. The summed E-state index contributed by atoms with van der Waals surface area (Å²) in [4.78, 5) is 13.7. The van der Waals surface area contributed by atoms with Crippen LogP contribution in [-0.2, 0) is 11.3 Å². The van der Waals surface area contributed by atoms with Crippen molar-refractivity contribution >= 4 is 5.91 Å². The van der Waals surface area contributed by atoms with Crippen LogP contribution in [0.5, 0.6) is 0 Å². The number of piperazine rings is 1. The Morgan fingerprint density at radius 2 is 2.29 bits per heavy atom. The van der Waals surface area contributed by atoms with Gasteiger partial charge in [-0.1, -0.05) is 6.07 Å². The van der Waals surface area contributed by atoms with Crippen LogP contribution in [0.4, 0.5) is 4.39 Å². The molecule has 1 N–H and O–H groups in total. The molecule has 0 aliphatic carbocycles. The van der Waals surface area contributed by atoms with Crippen molar-refractivity contribution in [2.45, 2.75) is 26.4 Å².